The molecular weight excluding hydrogens is 234 g/mol. The fourth-order valence-corrected chi connectivity index (χ4v) is 2.12. The number of nitrogens with two attached hydrogens (primary N) is 1. The second kappa shape index (κ2) is 4.98. The highest BCUT2D eigenvalue weighted by molar-refractivity contribution is 5.70. The number of hydrogen-bond donors (Lipinski definition) is 1. The Morgan fingerprint density at radius 2 is 1.53 bits per heavy atom. The summed E-state index contributed by atoms with van der Waals surface area (Å²) in [5.74, 6) is 0.704. The van der Waals surface area contributed by atoms with Crippen LogP contribution in [-0.4, -0.2) is 9.55 Å². The molecule has 2 aromatic carbocycles. The molecule has 0 fully saturated rings. The predicted octanol–water partition coefficient (Wildman–Crippen LogP) is 3.18. The molecule has 0 aliphatic heterocycles. The predicted molar refractivity (Wildman–Crippen MR) is 77.6 cm³/mol. The summed E-state index contributed by atoms with van der Waals surface area (Å²) in [4.78, 5) is 4.42. The Morgan fingerprint density at radius 1 is 0.895 bits per heavy atom. The van der Waals surface area contributed by atoms with E-state index in [4.69, 9.17) is 5.73 Å². The molecule has 19 heavy (non-hydrogen) atoms. The molecule has 0 aliphatic rings. The monoisotopic (exact) mass is 249 g/mol. The van der Waals surface area contributed by atoms with Gasteiger partial charge in [-0.15, -0.1) is 0 Å². The largest absolute Gasteiger partial charge is 0.383 e. The van der Waals surface area contributed by atoms with Crippen molar-refractivity contribution < 1.29 is 0 Å². The van der Waals surface area contributed by atoms with Crippen LogP contribution in [0.1, 0.15) is 5.56 Å². The quantitative estimate of drug-likeness (QED) is 0.774. The van der Waals surface area contributed by atoms with E-state index >= 15 is 0 Å². The molecule has 0 saturated carbocycles. The van der Waals surface area contributed by atoms with Gasteiger partial charge in [-0.3, -0.25) is 0 Å². The number of nitrogens with zero attached hydrogens (tertiary/aromatic N) is 2. The van der Waals surface area contributed by atoms with Crippen molar-refractivity contribution in [3.8, 4) is 11.3 Å². The van der Waals surface area contributed by atoms with Crippen LogP contribution in [0, 0.1) is 0 Å². The third-order valence-corrected chi connectivity index (χ3v) is 3.12. The van der Waals surface area contributed by atoms with Crippen molar-refractivity contribution in [2.75, 3.05) is 5.73 Å². The number of rotatable bonds is 3. The summed E-state index contributed by atoms with van der Waals surface area (Å²) >= 11 is 0. The Morgan fingerprint density at radius 3 is 2.21 bits per heavy atom. The van der Waals surface area contributed by atoms with Gasteiger partial charge < -0.3 is 10.3 Å². The van der Waals surface area contributed by atoms with Crippen LogP contribution >= 0.6 is 0 Å². The van der Waals surface area contributed by atoms with E-state index in [1.807, 2.05) is 53.1 Å². The molecule has 0 amide bonds. The minimum atomic E-state index is 0.704. The molecule has 3 aromatic rings. The molecule has 3 heteroatoms. The summed E-state index contributed by atoms with van der Waals surface area (Å²) in [6.07, 6.45) is 1.80. The normalized spacial score (nSPS) is 10.5. The highest BCUT2D eigenvalue weighted by Gasteiger charge is 2.09. The van der Waals surface area contributed by atoms with Crippen LogP contribution in [0.4, 0.5) is 5.82 Å². The lowest BCUT2D eigenvalue weighted by molar-refractivity contribution is 0.808. The van der Waals surface area contributed by atoms with Gasteiger partial charge in [0.2, 0.25) is 0 Å². The Balaban J connectivity index is 1.92. The van der Waals surface area contributed by atoms with Gasteiger partial charge in [-0.1, -0.05) is 60.7 Å². The maximum absolute atomic E-state index is 6.18. The first-order valence-corrected chi connectivity index (χ1v) is 6.24. The van der Waals surface area contributed by atoms with Gasteiger partial charge in [-0.2, -0.15) is 0 Å². The van der Waals surface area contributed by atoms with Gasteiger partial charge in [0.15, 0.2) is 0 Å². The van der Waals surface area contributed by atoms with Crippen molar-refractivity contribution in [1.82, 2.24) is 9.55 Å². The van der Waals surface area contributed by atoms with Gasteiger partial charge in [0, 0.05) is 5.56 Å². The van der Waals surface area contributed by atoms with Gasteiger partial charge in [0.1, 0.15) is 11.5 Å². The Hall–Kier alpha value is -2.55. The van der Waals surface area contributed by atoms with E-state index in [-0.39, 0.29) is 0 Å². The third kappa shape index (κ3) is 2.36. The molecule has 0 bridgehead atoms. The zero-order valence-corrected chi connectivity index (χ0v) is 10.5. The summed E-state index contributed by atoms with van der Waals surface area (Å²) in [6.45, 7) is 0.743. The van der Waals surface area contributed by atoms with E-state index in [9.17, 15) is 0 Å². The van der Waals surface area contributed by atoms with Crippen LogP contribution in [0.5, 0.6) is 0 Å². The number of aromatic nitrogens is 2. The molecule has 0 spiro atoms. The molecule has 0 unspecified atom stereocenters. The maximum atomic E-state index is 6.18. The van der Waals surface area contributed by atoms with Crippen LogP contribution in [-0.2, 0) is 6.54 Å². The fraction of sp³-hybridized carbons (Fsp3) is 0.0625. The second-order valence-corrected chi connectivity index (χ2v) is 4.46. The van der Waals surface area contributed by atoms with Gasteiger partial charge in [-0.25, -0.2) is 4.98 Å². The fourth-order valence-electron chi connectivity index (χ4n) is 2.12. The van der Waals surface area contributed by atoms with Gasteiger partial charge in [0.05, 0.1) is 12.9 Å². The summed E-state index contributed by atoms with van der Waals surface area (Å²) in [6, 6.07) is 20.2. The first-order chi connectivity index (χ1) is 9.34. The number of hydrogen-bond acceptors (Lipinski definition) is 2. The summed E-state index contributed by atoms with van der Waals surface area (Å²) in [5, 5.41) is 0. The average molecular weight is 249 g/mol. The maximum Gasteiger partial charge on any atom is 0.131 e. The van der Waals surface area contributed by atoms with Crippen molar-refractivity contribution >= 4 is 5.82 Å². The highest BCUT2D eigenvalue weighted by Crippen LogP contribution is 2.24. The number of anilines is 1. The Bertz CT molecular complexity index is 657. The van der Waals surface area contributed by atoms with E-state index in [1.165, 1.54) is 5.56 Å². The van der Waals surface area contributed by atoms with Gasteiger partial charge in [0.25, 0.3) is 0 Å². The smallest absolute Gasteiger partial charge is 0.131 e. The number of imidazole rings is 1. The van der Waals surface area contributed by atoms with Crippen molar-refractivity contribution in [2.24, 2.45) is 0 Å². The molecule has 1 heterocycles. The zero-order chi connectivity index (χ0) is 13.1. The molecule has 2 N–H and O–H groups in total. The van der Waals surface area contributed by atoms with Gasteiger partial charge >= 0.3 is 0 Å². The lowest BCUT2D eigenvalue weighted by Gasteiger charge is -2.06. The SMILES string of the molecule is Nc1c(-c2ccccc2)ncn1Cc1ccccc1. The van der Waals surface area contributed by atoms with Gasteiger partial charge in [-0.05, 0) is 5.56 Å². The third-order valence-electron chi connectivity index (χ3n) is 3.12. The number of benzene rings is 2. The number of nitrogen functional groups attached to an aromatic ring is 1. The average Bonchev–Trinajstić information content (AvgIpc) is 2.82. The molecule has 94 valence electrons. The molecule has 1 aromatic heterocycles. The Kier molecular flexibility index (Phi) is 3.02. The molecule has 0 radical (unpaired) electrons. The summed E-state index contributed by atoms with van der Waals surface area (Å²) < 4.78 is 1.97. The summed E-state index contributed by atoms with van der Waals surface area (Å²) in [7, 11) is 0. The van der Waals surface area contributed by atoms with Crippen molar-refractivity contribution in [1.29, 1.82) is 0 Å². The lowest BCUT2D eigenvalue weighted by atomic mass is 10.1. The van der Waals surface area contributed by atoms with Crippen LogP contribution in [0.25, 0.3) is 11.3 Å². The molecule has 0 atom stereocenters. The molecule has 3 rings (SSSR count). The van der Waals surface area contributed by atoms with E-state index < -0.39 is 0 Å². The van der Waals surface area contributed by atoms with E-state index in [0.29, 0.717) is 5.82 Å². The molecule has 0 saturated heterocycles. The second-order valence-electron chi connectivity index (χ2n) is 4.46. The highest BCUT2D eigenvalue weighted by atomic mass is 15.1. The first-order valence-electron chi connectivity index (χ1n) is 6.24. The zero-order valence-electron chi connectivity index (χ0n) is 10.5. The molecule has 0 aliphatic carbocycles. The molecule has 3 nitrogen and oxygen atoms in total. The Labute approximate surface area is 112 Å². The van der Waals surface area contributed by atoms with Crippen molar-refractivity contribution in [3.05, 3.63) is 72.6 Å². The minimum Gasteiger partial charge on any atom is -0.383 e. The van der Waals surface area contributed by atoms with Crippen molar-refractivity contribution in [2.45, 2.75) is 6.54 Å². The topological polar surface area (TPSA) is 43.8 Å². The van der Waals surface area contributed by atoms with E-state index in [0.717, 1.165) is 17.8 Å². The van der Waals surface area contributed by atoms with E-state index in [1.54, 1.807) is 6.33 Å². The van der Waals surface area contributed by atoms with E-state index in [2.05, 4.69) is 17.1 Å². The van der Waals surface area contributed by atoms with Crippen molar-refractivity contribution in [3.63, 3.8) is 0 Å². The van der Waals surface area contributed by atoms with Crippen LogP contribution in [0.3, 0.4) is 0 Å². The molecular formula is C16H15N3. The standard InChI is InChI=1S/C16H15N3/c17-16-15(14-9-5-2-6-10-14)18-12-19(16)11-13-7-3-1-4-8-13/h1-10,12H,11,17H2. The minimum absolute atomic E-state index is 0.704. The van der Waals surface area contributed by atoms with Crippen LogP contribution in [0.15, 0.2) is 67.0 Å². The summed E-state index contributed by atoms with van der Waals surface area (Å²) in [5.41, 5.74) is 9.29. The van der Waals surface area contributed by atoms with Crippen LogP contribution in [0.2, 0.25) is 0 Å². The van der Waals surface area contributed by atoms with Crippen LogP contribution < -0.4 is 5.73 Å². The first kappa shape index (κ1) is 11.5. The lowest BCUT2D eigenvalue weighted by Crippen LogP contribution is -2.03.